The zero-order valence-electron chi connectivity index (χ0n) is 22.2. The van der Waals surface area contributed by atoms with Crippen molar-refractivity contribution in [3.8, 4) is 5.75 Å². The summed E-state index contributed by atoms with van der Waals surface area (Å²) < 4.78 is 5.42. The van der Waals surface area contributed by atoms with Crippen LogP contribution < -0.4 is 9.64 Å². The van der Waals surface area contributed by atoms with Crippen LogP contribution in [-0.4, -0.2) is 36.5 Å². The number of aryl methyl sites for hydroxylation is 1. The Bertz CT molecular complexity index is 1690. The van der Waals surface area contributed by atoms with Crippen molar-refractivity contribution in [2.75, 3.05) is 12.0 Å². The molecule has 0 aromatic heterocycles. The van der Waals surface area contributed by atoms with E-state index in [4.69, 9.17) is 4.74 Å². The Hall–Kier alpha value is -4.77. The van der Waals surface area contributed by atoms with Crippen LogP contribution in [0.1, 0.15) is 53.7 Å². The normalized spacial score (nSPS) is 21.8. The third kappa shape index (κ3) is 3.18. The molecule has 1 saturated heterocycles. The number of hydrogen-bond donors (Lipinski definition) is 0. The van der Waals surface area contributed by atoms with E-state index in [1.54, 1.807) is 43.5 Å². The molecule has 0 bridgehead atoms. The fourth-order valence-electron chi connectivity index (χ4n) is 7.03. The van der Waals surface area contributed by atoms with Crippen molar-refractivity contribution in [1.29, 1.82) is 0 Å². The van der Waals surface area contributed by atoms with Gasteiger partial charge in [0.2, 0.25) is 0 Å². The lowest BCUT2D eigenvalue weighted by Crippen LogP contribution is -2.48. The fourth-order valence-corrected chi connectivity index (χ4v) is 7.03. The van der Waals surface area contributed by atoms with Crippen LogP contribution in [0.3, 0.4) is 0 Å². The zero-order valence-corrected chi connectivity index (χ0v) is 22.2. The summed E-state index contributed by atoms with van der Waals surface area (Å²) in [6.07, 6.45) is 3.94. The molecule has 1 aliphatic carbocycles. The van der Waals surface area contributed by atoms with Gasteiger partial charge in [0.15, 0.2) is 17.3 Å². The topological polar surface area (TPSA) is 63.7 Å². The SMILES string of the molecule is COc1ccc([C@H]2[C@H](C(=O)c3ccccc3)N3c4cc(C)ccc4C=C[C@H]3C23C(=O)c2ccccc2C3=O)cc1. The van der Waals surface area contributed by atoms with Gasteiger partial charge in [-0.15, -0.1) is 0 Å². The van der Waals surface area contributed by atoms with Crippen LogP contribution in [0.5, 0.6) is 5.75 Å². The number of ether oxygens (including phenoxy) is 1. The molecule has 7 rings (SSSR count). The highest BCUT2D eigenvalue weighted by Gasteiger charge is 2.71. The number of carbonyl (C=O) groups is 3. The van der Waals surface area contributed by atoms with Crippen LogP contribution >= 0.6 is 0 Å². The quantitative estimate of drug-likeness (QED) is 0.231. The lowest BCUT2D eigenvalue weighted by Gasteiger charge is -2.37. The number of nitrogens with zero attached hydrogens (tertiary/aromatic N) is 1. The first-order chi connectivity index (χ1) is 19.5. The third-order valence-electron chi connectivity index (χ3n) is 8.76. The predicted octanol–water partition coefficient (Wildman–Crippen LogP) is 6.32. The molecule has 4 aromatic rings. The summed E-state index contributed by atoms with van der Waals surface area (Å²) in [7, 11) is 1.60. The number of rotatable bonds is 4. The smallest absolute Gasteiger partial charge is 0.185 e. The molecule has 0 unspecified atom stereocenters. The highest BCUT2D eigenvalue weighted by Crippen LogP contribution is 2.61. The van der Waals surface area contributed by atoms with E-state index in [1.165, 1.54) is 0 Å². The number of ketones is 3. The van der Waals surface area contributed by atoms with Crippen LogP contribution in [0, 0.1) is 12.3 Å². The van der Waals surface area contributed by atoms with E-state index in [0.717, 1.165) is 22.4 Å². The van der Waals surface area contributed by atoms with Gasteiger partial charge >= 0.3 is 0 Å². The molecule has 4 aromatic carbocycles. The van der Waals surface area contributed by atoms with Crippen molar-refractivity contribution < 1.29 is 19.1 Å². The van der Waals surface area contributed by atoms with E-state index in [-0.39, 0.29) is 17.3 Å². The lowest BCUT2D eigenvalue weighted by atomic mass is 9.64. The van der Waals surface area contributed by atoms with E-state index >= 15 is 0 Å². The summed E-state index contributed by atoms with van der Waals surface area (Å²) in [4.78, 5) is 46.0. The van der Waals surface area contributed by atoms with E-state index in [0.29, 0.717) is 22.4 Å². The molecule has 196 valence electrons. The van der Waals surface area contributed by atoms with Gasteiger partial charge in [-0.3, -0.25) is 14.4 Å². The number of anilines is 1. The van der Waals surface area contributed by atoms with Gasteiger partial charge in [-0.05, 0) is 41.8 Å². The zero-order chi connectivity index (χ0) is 27.6. The second kappa shape index (κ2) is 8.88. The number of hydrogen-bond acceptors (Lipinski definition) is 5. The maximum Gasteiger partial charge on any atom is 0.185 e. The minimum absolute atomic E-state index is 0.123. The van der Waals surface area contributed by atoms with Crippen LogP contribution in [-0.2, 0) is 0 Å². The second-order valence-electron chi connectivity index (χ2n) is 10.8. The number of fused-ring (bicyclic) bond motifs is 5. The van der Waals surface area contributed by atoms with Crippen LogP contribution in [0.15, 0.2) is 103 Å². The summed E-state index contributed by atoms with van der Waals surface area (Å²) >= 11 is 0. The lowest BCUT2D eigenvalue weighted by molar-refractivity contribution is 0.0666. The Kier molecular flexibility index (Phi) is 5.39. The van der Waals surface area contributed by atoms with Gasteiger partial charge in [-0.25, -0.2) is 0 Å². The van der Waals surface area contributed by atoms with Gasteiger partial charge < -0.3 is 9.64 Å². The van der Waals surface area contributed by atoms with Gasteiger partial charge in [-0.1, -0.05) is 91.0 Å². The average Bonchev–Trinajstić information content (AvgIpc) is 3.43. The van der Waals surface area contributed by atoms with Gasteiger partial charge in [0.1, 0.15) is 17.2 Å². The van der Waals surface area contributed by atoms with E-state index in [2.05, 4.69) is 6.07 Å². The monoisotopic (exact) mass is 525 g/mol. The first-order valence-electron chi connectivity index (χ1n) is 13.5. The van der Waals surface area contributed by atoms with Crippen molar-refractivity contribution in [2.45, 2.75) is 24.9 Å². The molecule has 5 nitrogen and oxygen atoms in total. The number of methoxy groups -OCH3 is 1. The minimum Gasteiger partial charge on any atom is -0.497 e. The Morgan fingerprint density at radius 3 is 2.12 bits per heavy atom. The second-order valence-corrected chi connectivity index (χ2v) is 10.8. The summed E-state index contributed by atoms with van der Waals surface area (Å²) in [6, 6.07) is 28.3. The molecule has 3 atom stereocenters. The van der Waals surface area contributed by atoms with Gasteiger partial charge in [0.05, 0.1) is 13.2 Å². The van der Waals surface area contributed by atoms with Gasteiger partial charge in [0.25, 0.3) is 0 Å². The fraction of sp³-hybridized carbons (Fsp3) is 0.171. The Balaban J connectivity index is 1.55. The molecule has 0 radical (unpaired) electrons. The van der Waals surface area contributed by atoms with Crippen LogP contribution in [0.25, 0.3) is 6.08 Å². The van der Waals surface area contributed by atoms with Crippen LogP contribution in [0.2, 0.25) is 0 Å². The summed E-state index contributed by atoms with van der Waals surface area (Å²) in [5.74, 6) is -0.657. The van der Waals surface area contributed by atoms with Gasteiger partial charge in [-0.2, -0.15) is 0 Å². The molecule has 2 heterocycles. The average molecular weight is 526 g/mol. The van der Waals surface area contributed by atoms with E-state index < -0.39 is 23.4 Å². The number of Topliss-reactive ketones (excluding diaryl/α,β-unsaturated/α-hetero) is 3. The van der Waals surface area contributed by atoms with Crippen molar-refractivity contribution in [1.82, 2.24) is 0 Å². The Morgan fingerprint density at radius 1 is 0.825 bits per heavy atom. The molecular weight excluding hydrogens is 498 g/mol. The number of carbonyl (C=O) groups excluding carboxylic acids is 3. The molecule has 1 fully saturated rings. The molecule has 3 aliphatic rings. The maximum absolute atomic E-state index is 14.7. The number of benzene rings is 4. The van der Waals surface area contributed by atoms with Crippen molar-refractivity contribution in [3.63, 3.8) is 0 Å². The standard InChI is InChI=1S/C35H27NO4/c1-21-12-13-22-16-19-29-35(33(38)26-10-6-7-11-27(26)34(35)39)30(23-14-17-25(40-2)18-15-23)31(36(29)28(22)20-21)32(37)24-8-4-3-5-9-24/h3-20,29-31H,1-2H3/t29-,30-,31+/m0/s1. The summed E-state index contributed by atoms with van der Waals surface area (Å²) in [5, 5.41) is 0. The molecule has 0 saturated carbocycles. The van der Waals surface area contributed by atoms with Gasteiger partial charge in [0, 0.05) is 28.3 Å². The highest BCUT2D eigenvalue weighted by atomic mass is 16.5. The third-order valence-corrected chi connectivity index (χ3v) is 8.76. The molecule has 40 heavy (non-hydrogen) atoms. The van der Waals surface area contributed by atoms with Crippen LogP contribution in [0.4, 0.5) is 5.69 Å². The van der Waals surface area contributed by atoms with E-state index in [1.807, 2.05) is 78.6 Å². The summed E-state index contributed by atoms with van der Waals surface area (Å²) in [5.41, 5.74) is 3.47. The summed E-state index contributed by atoms with van der Waals surface area (Å²) in [6.45, 7) is 2.01. The highest BCUT2D eigenvalue weighted by molar-refractivity contribution is 6.32. The molecule has 0 amide bonds. The predicted molar refractivity (Wildman–Crippen MR) is 154 cm³/mol. The first kappa shape index (κ1) is 24.3. The van der Waals surface area contributed by atoms with Crippen molar-refractivity contribution in [3.05, 3.63) is 137 Å². The van der Waals surface area contributed by atoms with Crippen molar-refractivity contribution >= 4 is 29.1 Å². The largest absolute Gasteiger partial charge is 0.497 e. The Labute approximate surface area is 232 Å². The molecular formula is C35H27NO4. The molecule has 1 spiro atoms. The minimum atomic E-state index is -1.51. The molecule has 0 N–H and O–H groups in total. The Morgan fingerprint density at radius 2 is 1.48 bits per heavy atom. The molecule has 5 heteroatoms. The first-order valence-corrected chi connectivity index (χ1v) is 13.5. The molecule has 2 aliphatic heterocycles. The van der Waals surface area contributed by atoms with E-state index in [9.17, 15) is 14.4 Å². The van der Waals surface area contributed by atoms with Crippen molar-refractivity contribution in [2.24, 2.45) is 5.41 Å². The maximum atomic E-state index is 14.7.